The van der Waals surface area contributed by atoms with Crippen molar-refractivity contribution in [3.63, 3.8) is 0 Å². The van der Waals surface area contributed by atoms with E-state index in [1.807, 2.05) is 0 Å². The van der Waals surface area contributed by atoms with Crippen molar-refractivity contribution in [1.82, 2.24) is 0 Å². The monoisotopic (exact) mass is 140 g/mol. The normalized spacial score (nSPS) is 30.8. The van der Waals surface area contributed by atoms with Crippen LogP contribution in [0.3, 0.4) is 0 Å². The molecule has 0 amide bonds. The van der Waals surface area contributed by atoms with E-state index in [1.54, 1.807) is 0 Å². The summed E-state index contributed by atoms with van der Waals surface area (Å²) in [6, 6.07) is 0. The van der Waals surface area contributed by atoms with E-state index in [2.05, 4.69) is 20.8 Å². The minimum atomic E-state index is 0.433. The molecule has 0 heterocycles. The lowest BCUT2D eigenvalue weighted by Gasteiger charge is -2.00. The van der Waals surface area contributed by atoms with Crippen molar-refractivity contribution in [1.29, 1.82) is 0 Å². The van der Waals surface area contributed by atoms with Crippen LogP contribution >= 0.6 is 0 Å². The van der Waals surface area contributed by atoms with Crippen molar-refractivity contribution in [3.05, 3.63) is 0 Å². The molecule has 1 fully saturated rings. The fourth-order valence-corrected chi connectivity index (χ4v) is 1.32. The van der Waals surface area contributed by atoms with Crippen LogP contribution in [-0.2, 0) is 4.79 Å². The molecule has 0 N–H and O–H groups in total. The van der Waals surface area contributed by atoms with Crippen LogP contribution in [0.5, 0.6) is 0 Å². The van der Waals surface area contributed by atoms with Crippen LogP contribution in [0, 0.1) is 17.8 Å². The highest BCUT2D eigenvalue weighted by Gasteiger charge is 2.38. The van der Waals surface area contributed by atoms with Crippen molar-refractivity contribution in [2.75, 3.05) is 0 Å². The number of Topliss-reactive ketones (excluding diaryl/α,β-unsaturated/α-hetero) is 1. The van der Waals surface area contributed by atoms with Crippen LogP contribution < -0.4 is 0 Å². The Hall–Kier alpha value is -0.330. The standard InChI is InChI=1S/C9H16O/c1-6(2)4-9(10)8-5-7(8)3/h6-8H,4-5H2,1-3H3. The second-order valence-electron chi connectivity index (χ2n) is 3.88. The summed E-state index contributed by atoms with van der Waals surface area (Å²) >= 11 is 0. The van der Waals surface area contributed by atoms with Gasteiger partial charge in [-0.3, -0.25) is 4.79 Å². The number of ketones is 1. The molecule has 0 radical (unpaired) electrons. The number of carbonyl (C=O) groups is 1. The van der Waals surface area contributed by atoms with Gasteiger partial charge >= 0.3 is 0 Å². The summed E-state index contributed by atoms with van der Waals surface area (Å²) in [6.45, 7) is 6.36. The van der Waals surface area contributed by atoms with Gasteiger partial charge in [0.15, 0.2) is 0 Å². The molecule has 1 heteroatoms. The zero-order chi connectivity index (χ0) is 7.72. The van der Waals surface area contributed by atoms with Gasteiger partial charge in [-0.1, -0.05) is 20.8 Å². The smallest absolute Gasteiger partial charge is 0.136 e. The van der Waals surface area contributed by atoms with E-state index in [0.29, 0.717) is 23.5 Å². The van der Waals surface area contributed by atoms with Crippen molar-refractivity contribution in [2.24, 2.45) is 17.8 Å². The fourth-order valence-electron chi connectivity index (χ4n) is 1.32. The van der Waals surface area contributed by atoms with E-state index < -0.39 is 0 Å². The van der Waals surface area contributed by atoms with Crippen LogP contribution in [0.25, 0.3) is 0 Å². The molecule has 10 heavy (non-hydrogen) atoms. The third-order valence-electron chi connectivity index (χ3n) is 2.13. The molecule has 1 aliphatic rings. The predicted molar refractivity (Wildman–Crippen MR) is 41.7 cm³/mol. The van der Waals surface area contributed by atoms with E-state index in [-0.39, 0.29) is 0 Å². The summed E-state index contributed by atoms with van der Waals surface area (Å²) in [5, 5.41) is 0. The Morgan fingerprint density at radius 3 is 2.40 bits per heavy atom. The summed E-state index contributed by atoms with van der Waals surface area (Å²) < 4.78 is 0. The van der Waals surface area contributed by atoms with E-state index in [0.717, 1.165) is 12.8 Å². The average Bonchev–Trinajstić information content (AvgIpc) is 2.44. The first-order chi connectivity index (χ1) is 4.61. The summed E-state index contributed by atoms with van der Waals surface area (Å²) in [5.41, 5.74) is 0. The van der Waals surface area contributed by atoms with Crippen LogP contribution in [0.2, 0.25) is 0 Å². The lowest BCUT2D eigenvalue weighted by Crippen LogP contribution is -2.05. The second-order valence-corrected chi connectivity index (χ2v) is 3.88. The Balaban J connectivity index is 2.23. The predicted octanol–water partition coefficient (Wildman–Crippen LogP) is 2.26. The Kier molecular flexibility index (Phi) is 2.12. The van der Waals surface area contributed by atoms with Gasteiger partial charge < -0.3 is 0 Å². The van der Waals surface area contributed by atoms with Crippen LogP contribution in [0.15, 0.2) is 0 Å². The minimum absolute atomic E-state index is 0.433. The van der Waals surface area contributed by atoms with Gasteiger partial charge in [0.05, 0.1) is 0 Å². The lowest BCUT2D eigenvalue weighted by molar-refractivity contribution is -0.121. The molecule has 2 unspecified atom stereocenters. The van der Waals surface area contributed by atoms with Gasteiger partial charge in [0.25, 0.3) is 0 Å². The first-order valence-corrected chi connectivity index (χ1v) is 4.14. The maximum absolute atomic E-state index is 11.2. The summed E-state index contributed by atoms with van der Waals surface area (Å²) in [7, 11) is 0. The molecule has 0 aromatic heterocycles. The highest BCUT2D eigenvalue weighted by atomic mass is 16.1. The van der Waals surface area contributed by atoms with Crippen molar-refractivity contribution < 1.29 is 4.79 Å². The topological polar surface area (TPSA) is 17.1 Å². The van der Waals surface area contributed by atoms with Gasteiger partial charge in [-0.15, -0.1) is 0 Å². The average molecular weight is 140 g/mol. The summed E-state index contributed by atoms with van der Waals surface area (Å²) in [4.78, 5) is 11.2. The molecule has 1 nitrogen and oxygen atoms in total. The molecule has 58 valence electrons. The third kappa shape index (κ3) is 1.83. The fraction of sp³-hybridized carbons (Fsp3) is 0.889. The molecule has 0 aromatic carbocycles. The van der Waals surface area contributed by atoms with E-state index in [4.69, 9.17) is 0 Å². The van der Waals surface area contributed by atoms with Crippen molar-refractivity contribution in [3.8, 4) is 0 Å². The summed E-state index contributed by atoms with van der Waals surface area (Å²) in [6.07, 6.45) is 1.93. The number of hydrogen-bond acceptors (Lipinski definition) is 1. The molecule has 0 bridgehead atoms. The Labute approximate surface area is 62.8 Å². The van der Waals surface area contributed by atoms with Gasteiger partial charge in [-0.2, -0.15) is 0 Å². The van der Waals surface area contributed by atoms with Gasteiger partial charge in [0.1, 0.15) is 5.78 Å². The first-order valence-electron chi connectivity index (χ1n) is 4.14. The largest absolute Gasteiger partial charge is 0.299 e. The molecule has 0 aromatic rings. The Bertz CT molecular complexity index is 138. The molecular formula is C9H16O. The SMILES string of the molecule is CC(C)CC(=O)C1CC1C. The van der Waals surface area contributed by atoms with Crippen LogP contribution in [0.4, 0.5) is 0 Å². The number of carbonyl (C=O) groups excluding carboxylic acids is 1. The zero-order valence-electron chi connectivity index (χ0n) is 7.05. The second kappa shape index (κ2) is 2.73. The van der Waals surface area contributed by atoms with Gasteiger partial charge in [-0.25, -0.2) is 0 Å². The molecule has 0 aliphatic heterocycles. The molecule has 0 saturated heterocycles. The highest BCUT2D eigenvalue weighted by Crippen LogP contribution is 2.39. The minimum Gasteiger partial charge on any atom is -0.299 e. The Morgan fingerprint density at radius 1 is 1.60 bits per heavy atom. The Morgan fingerprint density at radius 2 is 2.10 bits per heavy atom. The van der Waals surface area contributed by atoms with Gasteiger partial charge in [0.2, 0.25) is 0 Å². The van der Waals surface area contributed by atoms with Crippen LogP contribution in [0.1, 0.15) is 33.6 Å². The number of hydrogen-bond donors (Lipinski definition) is 0. The molecule has 0 spiro atoms. The molecule has 1 aliphatic carbocycles. The summed E-state index contributed by atoms with van der Waals surface area (Å²) in [5.74, 6) is 2.15. The van der Waals surface area contributed by atoms with E-state index in [9.17, 15) is 4.79 Å². The number of rotatable bonds is 3. The molecular weight excluding hydrogens is 124 g/mol. The van der Waals surface area contributed by atoms with E-state index in [1.165, 1.54) is 0 Å². The maximum Gasteiger partial charge on any atom is 0.136 e. The van der Waals surface area contributed by atoms with Crippen molar-refractivity contribution in [2.45, 2.75) is 33.6 Å². The zero-order valence-corrected chi connectivity index (χ0v) is 7.05. The maximum atomic E-state index is 11.2. The van der Waals surface area contributed by atoms with Gasteiger partial charge in [0, 0.05) is 12.3 Å². The lowest BCUT2D eigenvalue weighted by atomic mass is 10.0. The first kappa shape index (κ1) is 7.77. The molecule has 1 rings (SSSR count). The quantitative estimate of drug-likeness (QED) is 0.587. The van der Waals surface area contributed by atoms with Crippen LogP contribution in [-0.4, -0.2) is 5.78 Å². The van der Waals surface area contributed by atoms with Crippen molar-refractivity contribution >= 4 is 5.78 Å². The molecule has 1 saturated carbocycles. The molecule has 2 atom stereocenters. The van der Waals surface area contributed by atoms with Gasteiger partial charge in [-0.05, 0) is 18.3 Å². The highest BCUT2D eigenvalue weighted by molar-refractivity contribution is 5.83. The van der Waals surface area contributed by atoms with E-state index >= 15 is 0 Å². The third-order valence-corrected chi connectivity index (χ3v) is 2.13.